The van der Waals surface area contributed by atoms with Gasteiger partial charge in [-0.3, -0.25) is 4.79 Å². The number of carbonyl (C=O) groups is 1. The molecular weight excluding hydrogens is 406 g/mol. The first-order valence-corrected chi connectivity index (χ1v) is 10.5. The normalized spacial score (nSPS) is 13.8. The number of aromatic nitrogens is 4. The van der Waals surface area contributed by atoms with Crippen molar-refractivity contribution in [3.05, 3.63) is 59.5 Å². The fourth-order valence-corrected chi connectivity index (χ4v) is 3.48. The van der Waals surface area contributed by atoms with Gasteiger partial charge in [-0.1, -0.05) is 0 Å². The van der Waals surface area contributed by atoms with E-state index in [0.717, 1.165) is 36.2 Å². The molecule has 0 bridgehead atoms. The Hall–Kier alpha value is -3.75. The van der Waals surface area contributed by atoms with E-state index in [1.807, 2.05) is 49.9 Å². The van der Waals surface area contributed by atoms with E-state index >= 15 is 0 Å². The van der Waals surface area contributed by atoms with Crippen LogP contribution in [-0.2, 0) is 0 Å². The Balaban J connectivity index is 1.36. The van der Waals surface area contributed by atoms with Crippen LogP contribution in [-0.4, -0.2) is 71.2 Å². The van der Waals surface area contributed by atoms with Crippen molar-refractivity contribution in [3.63, 3.8) is 0 Å². The van der Waals surface area contributed by atoms with Gasteiger partial charge in [0.2, 0.25) is 5.88 Å². The summed E-state index contributed by atoms with van der Waals surface area (Å²) in [6.07, 6.45) is 0. The molecule has 1 fully saturated rings. The predicted molar refractivity (Wildman–Crippen MR) is 122 cm³/mol. The van der Waals surface area contributed by atoms with Gasteiger partial charge in [0.1, 0.15) is 23.2 Å². The van der Waals surface area contributed by atoms with E-state index in [4.69, 9.17) is 4.74 Å². The van der Waals surface area contributed by atoms with Crippen molar-refractivity contribution in [3.8, 4) is 11.6 Å². The summed E-state index contributed by atoms with van der Waals surface area (Å²) in [5.41, 5.74) is 1.46. The van der Waals surface area contributed by atoms with Crippen LogP contribution in [0.3, 0.4) is 0 Å². The molecule has 4 rings (SSSR count). The molecule has 3 aromatic rings. The zero-order chi connectivity index (χ0) is 22.7. The summed E-state index contributed by atoms with van der Waals surface area (Å²) >= 11 is 0. The number of amides is 1. The highest BCUT2D eigenvalue weighted by molar-refractivity contribution is 5.94. The van der Waals surface area contributed by atoms with Crippen LogP contribution in [0.1, 0.15) is 21.9 Å². The Labute approximate surface area is 187 Å². The Bertz CT molecular complexity index is 1080. The number of nitrogens with zero attached hydrogens (tertiary/aromatic N) is 7. The number of hydrogen-bond acceptors (Lipinski definition) is 8. The average molecular weight is 434 g/mol. The number of aryl methyl sites for hydroxylation is 2. The topological polar surface area (TPSA) is 87.6 Å². The molecule has 32 heavy (non-hydrogen) atoms. The number of piperazine rings is 1. The maximum atomic E-state index is 13.0. The molecule has 0 radical (unpaired) electrons. The summed E-state index contributed by atoms with van der Waals surface area (Å²) in [6.45, 7) is 6.49. The monoisotopic (exact) mass is 433 g/mol. The zero-order valence-electron chi connectivity index (χ0n) is 18.8. The highest BCUT2D eigenvalue weighted by Gasteiger charge is 2.23. The lowest BCUT2D eigenvalue weighted by molar-refractivity contribution is 0.0746. The largest absolute Gasteiger partial charge is 0.438 e. The van der Waals surface area contributed by atoms with Gasteiger partial charge in [0.25, 0.3) is 5.91 Å². The minimum Gasteiger partial charge on any atom is -0.438 e. The van der Waals surface area contributed by atoms with Gasteiger partial charge in [-0.15, -0.1) is 5.10 Å². The summed E-state index contributed by atoms with van der Waals surface area (Å²) in [5, 5.41) is 7.97. The van der Waals surface area contributed by atoms with Gasteiger partial charge < -0.3 is 19.4 Å². The van der Waals surface area contributed by atoms with E-state index in [2.05, 4.69) is 25.1 Å². The maximum absolute atomic E-state index is 13.0. The summed E-state index contributed by atoms with van der Waals surface area (Å²) in [5.74, 6) is 3.56. The van der Waals surface area contributed by atoms with Gasteiger partial charge in [0.05, 0.1) is 5.69 Å². The fraction of sp³-hybridized carbons (Fsp3) is 0.348. The second kappa shape index (κ2) is 9.17. The molecule has 1 aromatic carbocycles. The van der Waals surface area contributed by atoms with E-state index in [9.17, 15) is 4.79 Å². The van der Waals surface area contributed by atoms with Crippen molar-refractivity contribution < 1.29 is 9.53 Å². The molecule has 1 saturated heterocycles. The average Bonchev–Trinajstić information content (AvgIpc) is 2.80. The van der Waals surface area contributed by atoms with Gasteiger partial charge in [-0.05, 0) is 44.2 Å². The van der Waals surface area contributed by atoms with Crippen molar-refractivity contribution in [1.29, 1.82) is 0 Å². The molecule has 3 heterocycles. The van der Waals surface area contributed by atoms with Gasteiger partial charge in [-0.2, -0.15) is 5.10 Å². The first kappa shape index (κ1) is 21.5. The lowest BCUT2D eigenvalue weighted by atomic mass is 10.1. The number of ether oxygens (including phenoxy) is 1. The highest BCUT2D eigenvalue weighted by atomic mass is 16.5. The quantitative estimate of drug-likeness (QED) is 0.607. The second-order valence-corrected chi connectivity index (χ2v) is 7.94. The van der Waals surface area contributed by atoms with E-state index < -0.39 is 0 Å². The second-order valence-electron chi connectivity index (χ2n) is 7.94. The molecule has 1 aliphatic rings. The van der Waals surface area contributed by atoms with Crippen LogP contribution in [0.25, 0.3) is 0 Å². The van der Waals surface area contributed by atoms with Crippen molar-refractivity contribution in [2.75, 3.05) is 50.1 Å². The summed E-state index contributed by atoms with van der Waals surface area (Å²) in [7, 11) is 3.93. The summed E-state index contributed by atoms with van der Waals surface area (Å²) < 4.78 is 5.69. The molecule has 0 N–H and O–H groups in total. The molecular formula is C23H27N7O2. The molecule has 1 amide bonds. The Kier molecular flexibility index (Phi) is 6.16. The Morgan fingerprint density at radius 1 is 0.938 bits per heavy atom. The van der Waals surface area contributed by atoms with E-state index in [-0.39, 0.29) is 5.91 Å². The first-order valence-electron chi connectivity index (χ1n) is 10.5. The van der Waals surface area contributed by atoms with Crippen molar-refractivity contribution in [1.82, 2.24) is 25.1 Å². The van der Waals surface area contributed by atoms with Crippen LogP contribution in [0.5, 0.6) is 11.6 Å². The number of benzene rings is 1. The Morgan fingerprint density at radius 3 is 2.28 bits per heavy atom. The first-order chi connectivity index (χ1) is 15.4. The third-order valence-electron chi connectivity index (χ3n) is 5.26. The third-order valence-corrected chi connectivity index (χ3v) is 5.26. The molecule has 0 aliphatic carbocycles. The Morgan fingerprint density at radius 2 is 1.66 bits per heavy atom. The van der Waals surface area contributed by atoms with Gasteiger partial charge in [-0.25, -0.2) is 9.97 Å². The van der Waals surface area contributed by atoms with Crippen LogP contribution >= 0.6 is 0 Å². The third kappa shape index (κ3) is 4.93. The van der Waals surface area contributed by atoms with Crippen LogP contribution in [0.2, 0.25) is 0 Å². The lowest BCUT2D eigenvalue weighted by Crippen LogP contribution is -2.49. The molecule has 0 atom stereocenters. The van der Waals surface area contributed by atoms with Gasteiger partial charge in [0.15, 0.2) is 0 Å². The molecule has 9 heteroatoms. The van der Waals surface area contributed by atoms with Crippen LogP contribution < -0.4 is 14.5 Å². The van der Waals surface area contributed by atoms with Crippen LogP contribution in [0.4, 0.5) is 11.6 Å². The number of anilines is 2. The minimum atomic E-state index is 0.0131. The molecule has 166 valence electrons. The molecule has 0 unspecified atom stereocenters. The summed E-state index contributed by atoms with van der Waals surface area (Å²) in [6, 6.07) is 12.7. The van der Waals surface area contributed by atoms with Crippen LogP contribution in [0, 0.1) is 13.8 Å². The van der Waals surface area contributed by atoms with E-state index in [1.54, 1.807) is 30.3 Å². The number of carbonyl (C=O) groups excluding carboxylic acids is 1. The minimum absolute atomic E-state index is 0.0131. The standard InChI is InChI=1S/C23H27N7O2/c1-16-5-10-22(27-26-16)32-19-8-6-18(7-9-19)23(31)30-13-11-29(12-14-30)21-15-20(28(3)4)24-17(2)25-21/h5-10,15H,11-14H2,1-4H3. The maximum Gasteiger partial charge on any atom is 0.253 e. The van der Waals surface area contributed by atoms with Gasteiger partial charge in [0, 0.05) is 58.0 Å². The fourth-order valence-electron chi connectivity index (χ4n) is 3.48. The number of hydrogen-bond donors (Lipinski definition) is 0. The SMILES string of the molecule is Cc1ccc(Oc2ccc(C(=O)N3CCN(c4cc(N(C)C)nc(C)n4)CC3)cc2)nn1. The van der Waals surface area contributed by atoms with Gasteiger partial charge >= 0.3 is 0 Å². The van der Waals surface area contributed by atoms with Crippen molar-refractivity contribution in [2.24, 2.45) is 0 Å². The van der Waals surface area contributed by atoms with Crippen molar-refractivity contribution in [2.45, 2.75) is 13.8 Å². The van der Waals surface area contributed by atoms with Crippen molar-refractivity contribution >= 4 is 17.5 Å². The van der Waals surface area contributed by atoms with E-state index in [1.165, 1.54) is 0 Å². The highest BCUT2D eigenvalue weighted by Crippen LogP contribution is 2.22. The lowest BCUT2D eigenvalue weighted by Gasteiger charge is -2.35. The number of rotatable bonds is 5. The molecule has 0 spiro atoms. The molecule has 0 saturated carbocycles. The molecule has 2 aromatic heterocycles. The van der Waals surface area contributed by atoms with E-state index in [0.29, 0.717) is 30.3 Å². The predicted octanol–water partition coefficient (Wildman–Crippen LogP) is 2.70. The smallest absolute Gasteiger partial charge is 0.253 e. The van der Waals surface area contributed by atoms with Crippen LogP contribution in [0.15, 0.2) is 42.5 Å². The molecule has 1 aliphatic heterocycles. The zero-order valence-corrected chi connectivity index (χ0v) is 18.8. The molecule has 9 nitrogen and oxygen atoms in total. The summed E-state index contributed by atoms with van der Waals surface area (Å²) in [4.78, 5) is 28.0.